The molecule has 18 heavy (non-hydrogen) atoms. The summed E-state index contributed by atoms with van der Waals surface area (Å²) in [6, 6.07) is 4.55. The van der Waals surface area contributed by atoms with E-state index in [9.17, 15) is 9.59 Å². The van der Waals surface area contributed by atoms with Crippen LogP contribution in [0.3, 0.4) is 0 Å². The van der Waals surface area contributed by atoms with Gasteiger partial charge < -0.3 is 15.2 Å². The highest BCUT2D eigenvalue weighted by atomic mass is 127. The first-order valence-corrected chi connectivity index (χ1v) is 6.54. The normalized spacial score (nSPS) is 9.89. The van der Waals surface area contributed by atoms with Gasteiger partial charge in [0.25, 0.3) is 5.91 Å². The Hall–Kier alpha value is -1.31. The van der Waals surface area contributed by atoms with Crippen LogP contribution in [0, 0.1) is 3.57 Å². The summed E-state index contributed by atoms with van der Waals surface area (Å²) in [6.45, 7) is 2.45. The molecule has 1 aromatic rings. The summed E-state index contributed by atoms with van der Waals surface area (Å²) in [5.74, 6) is -0.831. The molecule has 1 aromatic carbocycles. The van der Waals surface area contributed by atoms with Crippen LogP contribution in [-0.4, -0.2) is 30.1 Å². The summed E-state index contributed by atoms with van der Waals surface area (Å²) < 4.78 is 6.07. The zero-order valence-corrected chi connectivity index (χ0v) is 12.1. The van der Waals surface area contributed by atoms with E-state index in [1.807, 2.05) is 29.5 Å². The van der Waals surface area contributed by atoms with Gasteiger partial charge in [0.15, 0.2) is 6.61 Å². The minimum atomic E-state index is -1.02. The fraction of sp³-hybridized carbons (Fsp3) is 0.333. The van der Waals surface area contributed by atoms with Crippen molar-refractivity contribution in [2.75, 3.05) is 13.2 Å². The fourth-order valence-corrected chi connectivity index (χ4v) is 1.70. The van der Waals surface area contributed by atoms with Crippen LogP contribution in [0.25, 0.3) is 0 Å². The van der Waals surface area contributed by atoms with E-state index in [-0.39, 0.29) is 18.1 Å². The number of halogens is 1. The summed E-state index contributed by atoms with van der Waals surface area (Å²) in [4.78, 5) is 22.2. The molecule has 1 amide bonds. The van der Waals surface area contributed by atoms with Gasteiger partial charge in [0.05, 0.1) is 9.13 Å². The molecule has 5 nitrogen and oxygen atoms in total. The Morgan fingerprint density at radius 1 is 1.44 bits per heavy atom. The maximum atomic E-state index is 11.4. The van der Waals surface area contributed by atoms with Gasteiger partial charge in [-0.15, -0.1) is 0 Å². The van der Waals surface area contributed by atoms with E-state index in [0.29, 0.717) is 12.3 Å². The summed E-state index contributed by atoms with van der Waals surface area (Å²) in [7, 11) is 0. The molecule has 1 rings (SSSR count). The van der Waals surface area contributed by atoms with Gasteiger partial charge in [0.1, 0.15) is 5.75 Å². The van der Waals surface area contributed by atoms with Crippen LogP contribution in [0.5, 0.6) is 5.75 Å². The third-order valence-electron chi connectivity index (χ3n) is 2.11. The molecule has 0 saturated carbocycles. The zero-order chi connectivity index (χ0) is 13.5. The number of ether oxygens (including phenoxy) is 1. The van der Waals surface area contributed by atoms with Gasteiger partial charge in [-0.2, -0.15) is 0 Å². The maximum absolute atomic E-state index is 11.4. The Labute approximate surface area is 119 Å². The largest absolute Gasteiger partial charge is 0.483 e. The number of hydrogen-bond acceptors (Lipinski definition) is 3. The second kappa shape index (κ2) is 7.20. The predicted octanol–water partition coefficient (Wildman–Crippen LogP) is 1.89. The van der Waals surface area contributed by atoms with E-state index in [0.717, 1.165) is 9.99 Å². The van der Waals surface area contributed by atoms with Gasteiger partial charge in [-0.25, -0.2) is 4.79 Å². The SMILES string of the molecule is CCCNC(=O)COc1cc(C(=O)O)ccc1I. The summed E-state index contributed by atoms with van der Waals surface area (Å²) >= 11 is 2.03. The Bertz CT molecular complexity index is 448. The summed E-state index contributed by atoms with van der Waals surface area (Å²) in [6.07, 6.45) is 0.859. The first-order valence-electron chi connectivity index (χ1n) is 5.47. The van der Waals surface area contributed by atoms with Crippen LogP contribution in [-0.2, 0) is 4.79 Å². The molecular formula is C12H14INO4. The Kier molecular flexibility index (Phi) is 5.90. The lowest BCUT2D eigenvalue weighted by molar-refractivity contribution is -0.123. The van der Waals surface area contributed by atoms with Crippen molar-refractivity contribution >= 4 is 34.5 Å². The molecule has 0 fully saturated rings. The quantitative estimate of drug-likeness (QED) is 0.757. The molecule has 0 unspecified atom stereocenters. The Balaban J connectivity index is 2.63. The lowest BCUT2D eigenvalue weighted by Gasteiger charge is -2.09. The highest BCUT2D eigenvalue weighted by Gasteiger charge is 2.09. The third kappa shape index (κ3) is 4.52. The maximum Gasteiger partial charge on any atom is 0.335 e. The summed E-state index contributed by atoms with van der Waals surface area (Å²) in [5, 5.41) is 11.5. The minimum absolute atomic E-state index is 0.112. The first kappa shape index (κ1) is 14.7. The minimum Gasteiger partial charge on any atom is -0.483 e. The topological polar surface area (TPSA) is 75.6 Å². The van der Waals surface area contributed by atoms with Crippen LogP contribution in [0.4, 0.5) is 0 Å². The molecule has 0 aromatic heterocycles. The lowest BCUT2D eigenvalue weighted by atomic mass is 10.2. The molecule has 0 atom stereocenters. The molecule has 0 heterocycles. The van der Waals surface area contributed by atoms with E-state index in [2.05, 4.69) is 5.32 Å². The average Bonchev–Trinajstić information content (AvgIpc) is 2.35. The molecule has 0 aliphatic carbocycles. The third-order valence-corrected chi connectivity index (χ3v) is 3.00. The Morgan fingerprint density at radius 3 is 2.78 bits per heavy atom. The number of carbonyl (C=O) groups excluding carboxylic acids is 1. The molecule has 0 saturated heterocycles. The van der Waals surface area contributed by atoms with E-state index in [1.165, 1.54) is 12.1 Å². The highest BCUT2D eigenvalue weighted by molar-refractivity contribution is 14.1. The molecule has 0 aliphatic heterocycles. The molecule has 0 spiro atoms. The van der Waals surface area contributed by atoms with E-state index >= 15 is 0 Å². The standard InChI is InChI=1S/C12H14INO4/c1-2-5-14-11(15)7-18-10-6-8(12(16)17)3-4-9(10)13/h3-4,6H,2,5,7H2,1H3,(H,14,15)(H,16,17). The van der Waals surface area contributed by atoms with Crippen molar-refractivity contribution in [3.05, 3.63) is 27.3 Å². The van der Waals surface area contributed by atoms with E-state index in [4.69, 9.17) is 9.84 Å². The van der Waals surface area contributed by atoms with Crippen LogP contribution in [0.2, 0.25) is 0 Å². The molecule has 6 heteroatoms. The van der Waals surface area contributed by atoms with Crippen molar-refractivity contribution in [3.63, 3.8) is 0 Å². The van der Waals surface area contributed by atoms with Crippen LogP contribution < -0.4 is 10.1 Å². The van der Waals surface area contributed by atoms with Crippen LogP contribution in [0.1, 0.15) is 23.7 Å². The van der Waals surface area contributed by atoms with E-state index < -0.39 is 5.97 Å². The van der Waals surface area contributed by atoms with Crippen molar-refractivity contribution in [2.45, 2.75) is 13.3 Å². The smallest absolute Gasteiger partial charge is 0.335 e. The number of rotatable bonds is 6. The molecule has 98 valence electrons. The zero-order valence-electron chi connectivity index (χ0n) is 9.90. The first-order chi connectivity index (χ1) is 8.54. The van der Waals surface area contributed by atoms with Crippen molar-refractivity contribution in [1.29, 1.82) is 0 Å². The second-order valence-electron chi connectivity index (χ2n) is 3.59. The highest BCUT2D eigenvalue weighted by Crippen LogP contribution is 2.22. The number of nitrogens with one attached hydrogen (secondary N) is 1. The van der Waals surface area contributed by atoms with Crippen molar-refractivity contribution < 1.29 is 19.4 Å². The van der Waals surface area contributed by atoms with Crippen molar-refractivity contribution in [2.24, 2.45) is 0 Å². The summed E-state index contributed by atoms with van der Waals surface area (Å²) in [5.41, 5.74) is 0.138. The van der Waals surface area contributed by atoms with Crippen LogP contribution >= 0.6 is 22.6 Å². The van der Waals surface area contributed by atoms with Gasteiger partial charge >= 0.3 is 5.97 Å². The number of aromatic carboxylic acids is 1. The number of carbonyl (C=O) groups is 2. The predicted molar refractivity (Wildman–Crippen MR) is 74.9 cm³/mol. The number of amides is 1. The number of benzene rings is 1. The van der Waals surface area contributed by atoms with Crippen molar-refractivity contribution in [1.82, 2.24) is 5.32 Å². The van der Waals surface area contributed by atoms with Crippen LogP contribution in [0.15, 0.2) is 18.2 Å². The fourth-order valence-electron chi connectivity index (χ4n) is 1.21. The monoisotopic (exact) mass is 363 g/mol. The molecule has 2 N–H and O–H groups in total. The second-order valence-corrected chi connectivity index (χ2v) is 4.75. The Morgan fingerprint density at radius 2 is 2.17 bits per heavy atom. The molecule has 0 aliphatic rings. The molecule has 0 bridgehead atoms. The molecule has 0 radical (unpaired) electrons. The number of carboxylic acid groups (broad SMARTS) is 1. The number of hydrogen-bond donors (Lipinski definition) is 2. The number of carboxylic acids is 1. The van der Waals surface area contributed by atoms with Crippen molar-refractivity contribution in [3.8, 4) is 5.75 Å². The van der Waals surface area contributed by atoms with Gasteiger partial charge in [-0.3, -0.25) is 4.79 Å². The van der Waals surface area contributed by atoms with Gasteiger partial charge in [0, 0.05) is 6.54 Å². The lowest BCUT2D eigenvalue weighted by Crippen LogP contribution is -2.29. The van der Waals surface area contributed by atoms with Gasteiger partial charge in [-0.1, -0.05) is 6.92 Å². The van der Waals surface area contributed by atoms with Gasteiger partial charge in [-0.05, 0) is 47.2 Å². The van der Waals surface area contributed by atoms with Gasteiger partial charge in [0.2, 0.25) is 0 Å². The molecular weight excluding hydrogens is 349 g/mol. The van der Waals surface area contributed by atoms with E-state index in [1.54, 1.807) is 6.07 Å². The average molecular weight is 363 g/mol.